The lowest BCUT2D eigenvalue weighted by atomic mass is 10.0. The van der Waals surface area contributed by atoms with Crippen molar-refractivity contribution < 1.29 is 4.79 Å². The summed E-state index contributed by atoms with van der Waals surface area (Å²) < 4.78 is 0. The van der Waals surface area contributed by atoms with E-state index in [-0.39, 0.29) is 0 Å². The van der Waals surface area contributed by atoms with Crippen LogP contribution < -0.4 is 5.73 Å². The average Bonchev–Trinajstić information content (AvgIpc) is 2.68. The molecule has 0 atom stereocenters. The number of primary amides is 1. The molecule has 0 bridgehead atoms. The number of carbonyl (C=O) groups is 1. The maximum absolute atomic E-state index is 11.7. The van der Waals surface area contributed by atoms with Gasteiger partial charge in [0.15, 0.2) is 0 Å². The van der Waals surface area contributed by atoms with E-state index >= 15 is 0 Å². The number of aromatic nitrogens is 1. The molecule has 26 heavy (non-hydrogen) atoms. The second-order valence-electron chi connectivity index (χ2n) is 6.00. The maximum Gasteiger partial charge on any atom is 0.250 e. The first kappa shape index (κ1) is 16.3. The molecule has 1 aromatic heterocycles. The Bertz CT molecular complexity index is 1110. The van der Waals surface area contributed by atoms with Crippen molar-refractivity contribution in [3.8, 4) is 22.4 Å². The molecule has 1 heterocycles. The summed E-state index contributed by atoms with van der Waals surface area (Å²) in [6.07, 6.45) is 0. The summed E-state index contributed by atoms with van der Waals surface area (Å²) in [5.74, 6) is -0.518. The lowest BCUT2D eigenvalue weighted by Gasteiger charge is -2.09. The van der Waals surface area contributed by atoms with E-state index in [1.165, 1.54) is 0 Å². The highest BCUT2D eigenvalue weighted by Gasteiger charge is 2.12. The van der Waals surface area contributed by atoms with Gasteiger partial charge in [-0.05, 0) is 23.3 Å². The number of carbonyl (C=O) groups excluding carboxylic acids is 1. The van der Waals surface area contributed by atoms with Gasteiger partial charge in [-0.1, -0.05) is 78.3 Å². The van der Waals surface area contributed by atoms with Gasteiger partial charge in [0.1, 0.15) is 0 Å². The number of halogens is 1. The Morgan fingerprint density at radius 3 is 2.15 bits per heavy atom. The predicted octanol–water partition coefficient (Wildman–Crippen LogP) is 5.32. The van der Waals surface area contributed by atoms with Crippen molar-refractivity contribution >= 4 is 28.4 Å². The second kappa shape index (κ2) is 6.62. The number of hydrogen-bond donors (Lipinski definition) is 1. The summed E-state index contributed by atoms with van der Waals surface area (Å²) in [5.41, 5.74) is 10.3. The maximum atomic E-state index is 11.7. The lowest BCUT2D eigenvalue weighted by Crippen LogP contribution is -2.12. The molecule has 0 radical (unpaired) electrons. The molecular weight excluding hydrogens is 344 g/mol. The van der Waals surface area contributed by atoms with E-state index < -0.39 is 5.91 Å². The average molecular weight is 359 g/mol. The van der Waals surface area contributed by atoms with Gasteiger partial charge < -0.3 is 5.73 Å². The van der Waals surface area contributed by atoms with Gasteiger partial charge in [-0.15, -0.1) is 0 Å². The molecule has 0 saturated carbocycles. The first-order valence-electron chi connectivity index (χ1n) is 8.18. The standard InChI is InChI=1S/C22H15ClN2O/c23-19-13-20(25-21-17(19)7-4-8-18(21)22(24)26)16-11-9-15(10-12-16)14-5-2-1-3-6-14/h1-13H,(H2,24,26). The quantitative estimate of drug-likeness (QED) is 0.538. The Morgan fingerprint density at radius 1 is 0.808 bits per heavy atom. The zero-order chi connectivity index (χ0) is 18.1. The molecule has 0 fully saturated rings. The van der Waals surface area contributed by atoms with Gasteiger partial charge in [-0.25, -0.2) is 4.98 Å². The van der Waals surface area contributed by atoms with Gasteiger partial charge in [0, 0.05) is 10.9 Å². The van der Waals surface area contributed by atoms with Crippen LogP contribution in [0.2, 0.25) is 5.02 Å². The molecule has 0 unspecified atom stereocenters. The number of hydrogen-bond acceptors (Lipinski definition) is 2. The highest BCUT2D eigenvalue weighted by molar-refractivity contribution is 6.36. The van der Waals surface area contributed by atoms with Crippen molar-refractivity contribution in [1.29, 1.82) is 0 Å². The summed E-state index contributed by atoms with van der Waals surface area (Å²) in [6.45, 7) is 0. The largest absolute Gasteiger partial charge is 0.366 e. The number of benzene rings is 3. The minimum atomic E-state index is -0.518. The first-order valence-corrected chi connectivity index (χ1v) is 8.56. The van der Waals surface area contributed by atoms with Gasteiger partial charge >= 0.3 is 0 Å². The first-order chi connectivity index (χ1) is 12.6. The zero-order valence-electron chi connectivity index (χ0n) is 13.8. The summed E-state index contributed by atoms with van der Waals surface area (Å²) in [6, 6.07) is 25.3. The van der Waals surface area contributed by atoms with Crippen LogP contribution in [0.4, 0.5) is 0 Å². The third kappa shape index (κ3) is 2.93. The molecule has 0 aliphatic rings. The fraction of sp³-hybridized carbons (Fsp3) is 0. The van der Waals surface area contributed by atoms with E-state index in [0.29, 0.717) is 27.2 Å². The minimum Gasteiger partial charge on any atom is -0.366 e. The highest BCUT2D eigenvalue weighted by Crippen LogP contribution is 2.31. The number of amides is 1. The van der Waals surface area contributed by atoms with Gasteiger partial charge in [0.05, 0.1) is 21.8 Å². The third-order valence-electron chi connectivity index (χ3n) is 4.34. The van der Waals surface area contributed by atoms with E-state index in [1.807, 2.05) is 54.6 Å². The molecule has 1 amide bonds. The fourth-order valence-corrected chi connectivity index (χ4v) is 3.27. The molecule has 126 valence electrons. The molecular formula is C22H15ClN2O. The molecule has 2 N–H and O–H groups in total. The number of fused-ring (bicyclic) bond motifs is 1. The lowest BCUT2D eigenvalue weighted by molar-refractivity contribution is 0.100. The van der Waals surface area contributed by atoms with Gasteiger partial charge in [-0.2, -0.15) is 0 Å². The molecule has 3 nitrogen and oxygen atoms in total. The summed E-state index contributed by atoms with van der Waals surface area (Å²) in [7, 11) is 0. The second-order valence-corrected chi connectivity index (χ2v) is 6.41. The number of nitrogens with two attached hydrogens (primary N) is 1. The van der Waals surface area contributed by atoms with Crippen LogP contribution in [0.15, 0.2) is 78.9 Å². The van der Waals surface area contributed by atoms with E-state index in [2.05, 4.69) is 17.1 Å². The molecule has 4 heteroatoms. The van der Waals surface area contributed by atoms with Crippen LogP contribution in [-0.4, -0.2) is 10.9 Å². The molecule has 0 spiro atoms. The predicted molar refractivity (Wildman–Crippen MR) is 106 cm³/mol. The number of pyridine rings is 1. The van der Waals surface area contributed by atoms with Crippen molar-refractivity contribution in [2.45, 2.75) is 0 Å². The topological polar surface area (TPSA) is 56.0 Å². The van der Waals surface area contributed by atoms with Crippen LogP contribution in [0.25, 0.3) is 33.3 Å². The SMILES string of the molecule is NC(=O)c1cccc2c(Cl)cc(-c3ccc(-c4ccccc4)cc3)nc12. The van der Waals surface area contributed by atoms with Crippen molar-refractivity contribution in [2.24, 2.45) is 5.73 Å². The minimum absolute atomic E-state index is 0.368. The molecule has 0 aliphatic heterocycles. The molecule has 0 saturated heterocycles. The zero-order valence-corrected chi connectivity index (χ0v) is 14.6. The Balaban J connectivity index is 1.82. The van der Waals surface area contributed by atoms with Gasteiger partial charge in [0.2, 0.25) is 0 Å². The Hall–Kier alpha value is -3.17. The van der Waals surface area contributed by atoms with E-state index in [1.54, 1.807) is 12.1 Å². The summed E-state index contributed by atoms with van der Waals surface area (Å²) in [4.78, 5) is 16.4. The fourth-order valence-electron chi connectivity index (χ4n) is 3.02. The number of para-hydroxylation sites is 1. The molecule has 4 rings (SSSR count). The molecule has 0 aliphatic carbocycles. The van der Waals surface area contributed by atoms with Gasteiger partial charge in [0.25, 0.3) is 5.91 Å². The van der Waals surface area contributed by atoms with E-state index in [9.17, 15) is 4.79 Å². The van der Waals surface area contributed by atoms with Crippen LogP contribution in [0.1, 0.15) is 10.4 Å². The molecule has 3 aromatic carbocycles. The van der Waals surface area contributed by atoms with Crippen LogP contribution in [0, 0.1) is 0 Å². The Labute approximate surface area is 156 Å². The van der Waals surface area contributed by atoms with E-state index in [0.717, 1.165) is 16.7 Å². The van der Waals surface area contributed by atoms with Crippen molar-refractivity contribution in [1.82, 2.24) is 4.98 Å². The number of nitrogens with zero attached hydrogens (tertiary/aromatic N) is 1. The van der Waals surface area contributed by atoms with Crippen molar-refractivity contribution in [2.75, 3.05) is 0 Å². The highest BCUT2D eigenvalue weighted by atomic mass is 35.5. The smallest absolute Gasteiger partial charge is 0.250 e. The molecule has 4 aromatic rings. The summed E-state index contributed by atoms with van der Waals surface area (Å²) >= 11 is 6.42. The van der Waals surface area contributed by atoms with Crippen molar-refractivity contribution in [3.05, 3.63) is 89.4 Å². The summed E-state index contributed by atoms with van der Waals surface area (Å²) in [5, 5.41) is 1.26. The Kier molecular flexibility index (Phi) is 4.15. The monoisotopic (exact) mass is 358 g/mol. The van der Waals surface area contributed by atoms with Gasteiger partial charge in [-0.3, -0.25) is 4.79 Å². The number of rotatable bonds is 3. The van der Waals surface area contributed by atoms with Crippen molar-refractivity contribution in [3.63, 3.8) is 0 Å². The Morgan fingerprint density at radius 2 is 1.46 bits per heavy atom. The third-order valence-corrected chi connectivity index (χ3v) is 4.65. The van der Waals surface area contributed by atoms with E-state index in [4.69, 9.17) is 17.3 Å². The van der Waals surface area contributed by atoms with Crippen LogP contribution in [0.5, 0.6) is 0 Å². The van der Waals surface area contributed by atoms with Crippen LogP contribution >= 0.6 is 11.6 Å². The van der Waals surface area contributed by atoms with Crippen LogP contribution in [0.3, 0.4) is 0 Å². The normalized spacial score (nSPS) is 10.8. The van der Waals surface area contributed by atoms with Crippen LogP contribution in [-0.2, 0) is 0 Å².